The standard InChI is InChI=1S/C22H27ClN2O4/c1-27-19-14-21(29-3)20(28-2)13-18(19)22(26)25-10-4-9-24(11-12-25)15-16-5-7-17(23)8-6-16/h5-8,13-14H,4,9-12,15H2,1-3H3. The van der Waals surface area contributed by atoms with Crippen LogP contribution in [-0.2, 0) is 6.54 Å². The van der Waals surface area contributed by atoms with Gasteiger partial charge in [-0.2, -0.15) is 0 Å². The highest BCUT2D eigenvalue weighted by Crippen LogP contribution is 2.35. The predicted molar refractivity (Wildman–Crippen MR) is 113 cm³/mol. The summed E-state index contributed by atoms with van der Waals surface area (Å²) >= 11 is 5.97. The molecule has 1 saturated heterocycles. The van der Waals surface area contributed by atoms with Gasteiger partial charge in [0, 0.05) is 49.9 Å². The molecule has 0 N–H and O–H groups in total. The highest BCUT2D eigenvalue weighted by molar-refractivity contribution is 6.30. The van der Waals surface area contributed by atoms with Gasteiger partial charge in [0.2, 0.25) is 0 Å². The van der Waals surface area contributed by atoms with E-state index in [1.54, 1.807) is 33.5 Å². The van der Waals surface area contributed by atoms with Crippen LogP contribution in [0.4, 0.5) is 0 Å². The molecule has 0 unspecified atom stereocenters. The lowest BCUT2D eigenvalue weighted by atomic mass is 10.1. The van der Waals surface area contributed by atoms with Crippen molar-refractivity contribution in [1.82, 2.24) is 9.80 Å². The van der Waals surface area contributed by atoms with Crippen molar-refractivity contribution in [3.63, 3.8) is 0 Å². The van der Waals surface area contributed by atoms with Gasteiger partial charge in [-0.3, -0.25) is 9.69 Å². The van der Waals surface area contributed by atoms with Gasteiger partial charge in [-0.1, -0.05) is 23.7 Å². The first kappa shape index (κ1) is 21.3. The van der Waals surface area contributed by atoms with Gasteiger partial charge in [0.25, 0.3) is 5.91 Å². The molecule has 3 rings (SSSR count). The predicted octanol–water partition coefficient (Wildman–Crippen LogP) is 3.71. The molecule has 1 heterocycles. The van der Waals surface area contributed by atoms with Crippen molar-refractivity contribution in [3.05, 3.63) is 52.5 Å². The van der Waals surface area contributed by atoms with Crippen LogP contribution in [0.3, 0.4) is 0 Å². The summed E-state index contributed by atoms with van der Waals surface area (Å²) in [6.07, 6.45) is 0.912. The number of hydrogen-bond donors (Lipinski definition) is 0. The molecule has 0 aliphatic carbocycles. The van der Waals surface area contributed by atoms with E-state index >= 15 is 0 Å². The summed E-state index contributed by atoms with van der Waals surface area (Å²) in [5, 5.41) is 0.741. The number of rotatable bonds is 6. The normalized spacial score (nSPS) is 15.0. The van der Waals surface area contributed by atoms with Crippen molar-refractivity contribution in [2.75, 3.05) is 47.5 Å². The third-order valence-electron chi connectivity index (χ3n) is 5.13. The fourth-order valence-electron chi connectivity index (χ4n) is 3.55. The molecular formula is C22H27ClN2O4. The molecule has 0 radical (unpaired) electrons. The van der Waals surface area contributed by atoms with E-state index in [1.165, 1.54) is 5.56 Å². The zero-order valence-electron chi connectivity index (χ0n) is 17.1. The van der Waals surface area contributed by atoms with Gasteiger partial charge in [0.1, 0.15) is 5.75 Å². The molecule has 0 atom stereocenters. The van der Waals surface area contributed by atoms with E-state index in [1.807, 2.05) is 29.2 Å². The molecule has 7 heteroatoms. The van der Waals surface area contributed by atoms with Crippen LogP contribution < -0.4 is 14.2 Å². The molecule has 2 aromatic carbocycles. The van der Waals surface area contributed by atoms with Crippen LogP contribution in [0.2, 0.25) is 5.02 Å². The van der Waals surface area contributed by atoms with Gasteiger partial charge < -0.3 is 19.1 Å². The Hall–Kier alpha value is -2.44. The molecule has 0 aromatic heterocycles. The Labute approximate surface area is 176 Å². The summed E-state index contributed by atoms with van der Waals surface area (Å²) in [5.74, 6) is 1.47. The number of nitrogens with zero attached hydrogens (tertiary/aromatic N) is 2. The van der Waals surface area contributed by atoms with Crippen molar-refractivity contribution in [3.8, 4) is 17.2 Å². The first-order chi connectivity index (χ1) is 14.0. The molecule has 29 heavy (non-hydrogen) atoms. The van der Waals surface area contributed by atoms with E-state index in [-0.39, 0.29) is 5.91 Å². The van der Waals surface area contributed by atoms with Crippen molar-refractivity contribution in [2.24, 2.45) is 0 Å². The zero-order chi connectivity index (χ0) is 20.8. The third kappa shape index (κ3) is 5.14. The minimum Gasteiger partial charge on any atom is -0.496 e. The molecule has 1 aliphatic rings. The number of halogens is 1. The highest BCUT2D eigenvalue weighted by atomic mass is 35.5. The summed E-state index contributed by atoms with van der Waals surface area (Å²) in [7, 11) is 4.66. The average Bonchev–Trinajstić information content (AvgIpc) is 2.99. The summed E-state index contributed by atoms with van der Waals surface area (Å²) < 4.78 is 16.1. The van der Waals surface area contributed by atoms with Crippen LogP contribution in [0.15, 0.2) is 36.4 Å². The Balaban J connectivity index is 1.71. The fraction of sp³-hybridized carbons (Fsp3) is 0.409. The average molecular weight is 419 g/mol. The van der Waals surface area contributed by atoms with Crippen LogP contribution in [-0.4, -0.2) is 63.2 Å². The van der Waals surface area contributed by atoms with Crippen LogP contribution in [0.1, 0.15) is 22.3 Å². The van der Waals surface area contributed by atoms with Gasteiger partial charge in [0.15, 0.2) is 11.5 Å². The minimum absolute atomic E-state index is 0.0591. The molecule has 156 valence electrons. The maximum Gasteiger partial charge on any atom is 0.257 e. The Morgan fingerprint density at radius 2 is 1.55 bits per heavy atom. The Morgan fingerprint density at radius 3 is 2.21 bits per heavy atom. The lowest BCUT2D eigenvalue weighted by Gasteiger charge is -2.23. The third-order valence-corrected chi connectivity index (χ3v) is 5.38. The van der Waals surface area contributed by atoms with E-state index in [0.29, 0.717) is 35.9 Å². The lowest BCUT2D eigenvalue weighted by Crippen LogP contribution is -2.35. The lowest BCUT2D eigenvalue weighted by molar-refractivity contribution is 0.0757. The maximum absolute atomic E-state index is 13.2. The first-order valence-electron chi connectivity index (χ1n) is 9.61. The zero-order valence-corrected chi connectivity index (χ0v) is 17.9. The second kappa shape index (κ2) is 9.85. The molecule has 0 bridgehead atoms. The fourth-order valence-corrected chi connectivity index (χ4v) is 3.67. The van der Waals surface area contributed by atoms with Gasteiger partial charge in [0.05, 0.1) is 26.9 Å². The summed E-state index contributed by atoms with van der Waals surface area (Å²) in [6.45, 7) is 3.95. The van der Waals surface area contributed by atoms with Gasteiger partial charge >= 0.3 is 0 Å². The number of benzene rings is 2. The van der Waals surface area contributed by atoms with Gasteiger partial charge in [-0.15, -0.1) is 0 Å². The van der Waals surface area contributed by atoms with Crippen LogP contribution in [0, 0.1) is 0 Å². The highest BCUT2D eigenvalue weighted by Gasteiger charge is 2.25. The molecule has 6 nitrogen and oxygen atoms in total. The van der Waals surface area contributed by atoms with Crippen molar-refractivity contribution >= 4 is 17.5 Å². The second-order valence-corrected chi connectivity index (χ2v) is 7.39. The Morgan fingerprint density at radius 1 is 0.897 bits per heavy atom. The number of carbonyl (C=O) groups is 1. The van der Waals surface area contributed by atoms with Crippen LogP contribution >= 0.6 is 11.6 Å². The van der Waals surface area contributed by atoms with Crippen molar-refractivity contribution in [2.45, 2.75) is 13.0 Å². The number of hydrogen-bond acceptors (Lipinski definition) is 5. The molecule has 0 spiro atoms. The van der Waals surface area contributed by atoms with Crippen LogP contribution in [0.5, 0.6) is 17.2 Å². The van der Waals surface area contributed by atoms with E-state index in [0.717, 1.165) is 31.1 Å². The van der Waals surface area contributed by atoms with Gasteiger partial charge in [-0.05, 0) is 24.1 Å². The van der Waals surface area contributed by atoms with Crippen LogP contribution in [0.25, 0.3) is 0 Å². The molecule has 1 aliphatic heterocycles. The van der Waals surface area contributed by atoms with E-state index in [4.69, 9.17) is 25.8 Å². The summed E-state index contributed by atoms with van der Waals surface area (Å²) in [5.41, 5.74) is 1.70. The quantitative estimate of drug-likeness (QED) is 0.715. The molecule has 1 fully saturated rings. The number of carbonyl (C=O) groups excluding carboxylic acids is 1. The van der Waals surface area contributed by atoms with E-state index in [9.17, 15) is 4.79 Å². The minimum atomic E-state index is -0.0591. The van der Waals surface area contributed by atoms with Gasteiger partial charge in [-0.25, -0.2) is 0 Å². The number of ether oxygens (including phenoxy) is 3. The largest absolute Gasteiger partial charge is 0.496 e. The van der Waals surface area contributed by atoms with Crippen molar-refractivity contribution < 1.29 is 19.0 Å². The van der Waals surface area contributed by atoms with Crippen molar-refractivity contribution in [1.29, 1.82) is 0 Å². The molecule has 1 amide bonds. The first-order valence-corrected chi connectivity index (χ1v) is 9.99. The number of methoxy groups -OCH3 is 3. The smallest absolute Gasteiger partial charge is 0.257 e. The van der Waals surface area contributed by atoms with E-state index in [2.05, 4.69) is 4.90 Å². The SMILES string of the molecule is COc1cc(OC)c(C(=O)N2CCCN(Cc3ccc(Cl)cc3)CC2)cc1OC. The second-order valence-electron chi connectivity index (χ2n) is 6.96. The Bertz CT molecular complexity index is 841. The molecule has 2 aromatic rings. The summed E-state index contributed by atoms with van der Waals surface area (Å²) in [6, 6.07) is 11.3. The molecular weight excluding hydrogens is 392 g/mol. The number of amides is 1. The monoisotopic (exact) mass is 418 g/mol. The molecule has 0 saturated carbocycles. The van der Waals surface area contributed by atoms with E-state index < -0.39 is 0 Å². The Kier molecular flexibility index (Phi) is 7.23. The topological polar surface area (TPSA) is 51.2 Å². The maximum atomic E-state index is 13.2. The summed E-state index contributed by atoms with van der Waals surface area (Å²) in [4.78, 5) is 17.5.